The number of halogens is 1. The highest BCUT2D eigenvalue weighted by molar-refractivity contribution is 7.13. The molecule has 69 heavy (non-hydrogen) atoms. The Morgan fingerprint density at radius 2 is 1.65 bits per heavy atom. The molecule has 2 saturated heterocycles. The number of aliphatic hydroxyl groups excluding tert-OH is 1. The average molecular weight is 981 g/mol. The number of carbonyl (C=O) groups excluding carboxylic acids is 4. The lowest BCUT2D eigenvalue weighted by Gasteiger charge is -2.63. The topological polar surface area (TPSA) is 186 Å². The Hall–Kier alpha value is -5.53. The van der Waals surface area contributed by atoms with Gasteiger partial charge in [-0.1, -0.05) is 84.3 Å². The van der Waals surface area contributed by atoms with E-state index in [-0.39, 0.29) is 66.3 Å². The van der Waals surface area contributed by atoms with Gasteiger partial charge < -0.3 is 40.3 Å². The van der Waals surface area contributed by atoms with Crippen LogP contribution in [0.25, 0.3) is 10.4 Å². The highest BCUT2D eigenvalue weighted by Gasteiger charge is 2.64. The Morgan fingerprint density at radius 3 is 2.25 bits per heavy atom. The molecule has 7 rings (SSSR count). The zero-order valence-electron chi connectivity index (χ0n) is 41.1. The fourth-order valence-corrected chi connectivity index (χ4v) is 11.6. The maximum Gasteiger partial charge on any atom is 0.251 e. The zero-order chi connectivity index (χ0) is 50.0. The maximum atomic E-state index is 14.2. The van der Waals surface area contributed by atoms with Gasteiger partial charge in [0.1, 0.15) is 36.6 Å². The molecule has 0 bridgehead atoms. The minimum Gasteiger partial charge on any atom is -0.489 e. The molecule has 1 aromatic heterocycles. The van der Waals surface area contributed by atoms with Crippen molar-refractivity contribution in [3.05, 3.63) is 99.6 Å². The van der Waals surface area contributed by atoms with Gasteiger partial charge in [0.2, 0.25) is 17.7 Å². The number of rotatable bonds is 15. The van der Waals surface area contributed by atoms with E-state index >= 15 is 0 Å². The highest BCUT2D eigenvalue weighted by Crippen LogP contribution is 2.55. The molecule has 14 nitrogen and oxygen atoms in total. The molecule has 0 spiro atoms. The van der Waals surface area contributed by atoms with E-state index in [0.29, 0.717) is 28.5 Å². The number of carbonyl (C=O) groups is 4. The number of β-amino-alcohol motifs (C(OH)–C–C–N with tert-alkyl or cyclic N) is 1. The molecule has 368 valence electrons. The lowest BCUT2D eigenvalue weighted by molar-refractivity contribution is -0.164. The smallest absolute Gasteiger partial charge is 0.251 e. The summed E-state index contributed by atoms with van der Waals surface area (Å²) in [6.45, 7) is 19.5. The van der Waals surface area contributed by atoms with Crippen LogP contribution < -0.4 is 25.6 Å². The number of hydrogen-bond donors (Lipinski definition) is 4. The van der Waals surface area contributed by atoms with E-state index < -0.39 is 35.4 Å². The fraction of sp³-hybridized carbons (Fsp3) is 0.509. The molecule has 3 aromatic carbocycles. The first-order chi connectivity index (χ1) is 32.6. The van der Waals surface area contributed by atoms with Crippen molar-refractivity contribution in [2.24, 2.45) is 22.2 Å². The zero-order valence-corrected chi connectivity index (χ0v) is 42.7. The van der Waals surface area contributed by atoms with Crippen LogP contribution in [-0.4, -0.2) is 102 Å². The Bertz CT molecular complexity index is 2530. The number of aromatic nitrogens is 1. The van der Waals surface area contributed by atoms with Crippen molar-refractivity contribution in [2.45, 2.75) is 118 Å². The van der Waals surface area contributed by atoms with E-state index in [9.17, 15) is 29.5 Å². The third-order valence-corrected chi connectivity index (χ3v) is 15.5. The number of nitrogens with one attached hydrogen (secondary N) is 3. The van der Waals surface area contributed by atoms with Gasteiger partial charge in [0.05, 0.1) is 45.4 Å². The number of ether oxygens (including phenoxy) is 2. The van der Waals surface area contributed by atoms with Crippen LogP contribution in [-0.2, 0) is 19.1 Å². The van der Waals surface area contributed by atoms with E-state index in [1.54, 1.807) is 29.5 Å². The number of piperidine rings is 1. The van der Waals surface area contributed by atoms with Crippen LogP contribution in [0.4, 0.5) is 5.69 Å². The highest BCUT2D eigenvalue weighted by atomic mass is 35.5. The number of hydrogen-bond acceptors (Lipinski definition) is 11. The minimum atomic E-state index is -0.958. The van der Waals surface area contributed by atoms with Crippen molar-refractivity contribution >= 4 is 52.3 Å². The van der Waals surface area contributed by atoms with E-state index in [0.717, 1.165) is 53.3 Å². The summed E-state index contributed by atoms with van der Waals surface area (Å²) in [5.74, 6) is -0.555. The first-order valence-corrected chi connectivity index (χ1v) is 25.0. The molecule has 3 aliphatic rings. The maximum absolute atomic E-state index is 14.2. The molecule has 16 heteroatoms. The lowest BCUT2D eigenvalue weighted by Crippen LogP contribution is -2.74. The Morgan fingerprint density at radius 1 is 0.986 bits per heavy atom. The normalized spacial score (nSPS) is 21.9. The molecule has 0 radical (unpaired) electrons. The first kappa shape index (κ1) is 51.3. The number of anilines is 1. The van der Waals surface area contributed by atoms with Gasteiger partial charge in [-0.2, -0.15) is 5.26 Å². The molecular formula is C53H66ClN7O7S. The van der Waals surface area contributed by atoms with Crippen LogP contribution in [0.5, 0.6) is 5.75 Å². The number of aliphatic hydroxyl groups is 1. The van der Waals surface area contributed by atoms with Crippen LogP contribution in [0, 0.1) is 40.4 Å². The van der Waals surface area contributed by atoms with Crippen molar-refractivity contribution < 1.29 is 33.8 Å². The number of nitrogens with zero attached hydrogens (tertiary/aromatic N) is 4. The van der Waals surface area contributed by atoms with Crippen LogP contribution in [0.2, 0.25) is 5.02 Å². The second-order valence-electron chi connectivity index (χ2n) is 21.2. The van der Waals surface area contributed by atoms with E-state index in [1.165, 1.54) is 4.90 Å². The van der Waals surface area contributed by atoms with Gasteiger partial charge in [-0.3, -0.25) is 19.2 Å². The molecule has 4 N–H and O–H groups in total. The lowest BCUT2D eigenvalue weighted by atomic mass is 9.49. The number of likely N-dealkylation sites (tertiary alicyclic amines) is 1. The second kappa shape index (κ2) is 20.8. The molecule has 4 amide bonds. The summed E-state index contributed by atoms with van der Waals surface area (Å²) < 4.78 is 12.3. The predicted octanol–water partition coefficient (Wildman–Crippen LogP) is 7.86. The average Bonchev–Trinajstić information content (AvgIpc) is 3.93. The van der Waals surface area contributed by atoms with Crippen molar-refractivity contribution in [3.8, 4) is 22.3 Å². The van der Waals surface area contributed by atoms with Gasteiger partial charge in [-0.25, -0.2) is 4.98 Å². The quantitative estimate of drug-likeness (QED) is 0.0914. The van der Waals surface area contributed by atoms with E-state index in [2.05, 4.69) is 59.6 Å². The van der Waals surface area contributed by atoms with Crippen LogP contribution in [0.3, 0.4) is 0 Å². The van der Waals surface area contributed by atoms with E-state index in [4.69, 9.17) is 21.1 Å². The molecule has 1 unspecified atom stereocenters. The molecule has 4 aromatic rings. The second-order valence-corrected chi connectivity index (χ2v) is 22.4. The van der Waals surface area contributed by atoms with Crippen molar-refractivity contribution in [2.75, 3.05) is 37.7 Å². The summed E-state index contributed by atoms with van der Waals surface area (Å²) in [5.41, 5.74) is 5.25. The van der Waals surface area contributed by atoms with Crippen LogP contribution >= 0.6 is 22.9 Å². The molecule has 1 saturated carbocycles. The third kappa shape index (κ3) is 11.4. The predicted molar refractivity (Wildman–Crippen MR) is 268 cm³/mol. The SMILES string of the molecule is Cc1ncsc1-c1ccc([C@H](C)NC(=O)[C@@H]2C[C@@H](O)CN2C(=O)C(NC(=O)COCC2CCN(c3ccc(C(=O)N[C@H]4C(C)(C)[C@H](Oc5ccc(C#N)c(Cl)c5)C4(C)C)cc3)CC2)C(C)(C)C)cc1. The number of amides is 4. The Balaban J connectivity index is 0.850. The van der Waals surface area contributed by atoms with Crippen LogP contribution in [0.15, 0.2) is 72.2 Å². The van der Waals surface area contributed by atoms with Crippen molar-refractivity contribution in [1.82, 2.24) is 25.8 Å². The molecule has 3 heterocycles. The van der Waals surface area contributed by atoms with Crippen molar-refractivity contribution in [3.63, 3.8) is 0 Å². The van der Waals surface area contributed by atoms with Gasteiger partial charge in [0.15, 0.2) is 0 Å². The molecular weight excluding hydrogens is 914 g/mol. The fourth-order valence-electron chi connectivity index (χ4n) is 10.5. The number of nitriles is 1. The molecule has 4 atom stereocenters. The summed E-state index contributed by atoms with van der Waals surface area (Å²) in [4.78, 5) is 63.9. The van der Waals surface area contributed by atoms with Gasteiger partial charge in [-0.15, -0.1) is 11.3 Å². The van der Waals surface area contributed by atoms with E-state index in [1.807, 2.05) is 88.7 Å². The number of thiazole rings is 1. The number of aryl methyl sites for hydroxylation is 1. The molecule has 1 aliphatic carbocycles. The minimum absolute atomic E-state index is 0.0141. The summed E-state index contributed by atoms with van der Waals surface area (Å²) in [7, 11) is 0. The largest absolute Gasteiger partial charge is 0.489 e. The van der Waals surface area contributed by atoms with Gasteiger partial charge in [-0.05, 0) is 85.5 Å². The standard InChI is InChI=1S/C53H66ClN7O7S/c1-31(34-10-12-35(13-11-34)44-32(2)56-30-69-44)57-47(65)42-24-39(62)27-61(42)48(66)45(51(3,4)5)58-43(63)29-67-28-33-20-22-60(23-21-33)38-17-14-36(15-18-38)46(64)59-49-52(6,7)50(53(49,8)9)68-40-19-16-37(26-55)41(54)25-40/h10-19,25,30-31,33,39,42,45,49-50,62H,20-24,27-29H2,1-9H3,(H,57,65)(H,58,63)(H,59,64)/t31-,39+,42-,45?,49-,50-/m0/s1. The third-order valence-electron chi connectivity index (χ3n) is 14.2. The van der Waals surface area contributed by atoms with Gasteiger partial charge in [0, 0.05) is 60.2 Å². The van der Waals surface area contributed by atoms with Crippen LogP contribution in [0.1, 0.15) is 108 Å². The number of benzene rings is 3. The summed E-state index contributed by atoms with van der Waals surface area (Å²) in [6.07, 6.45) is 0.722. The Labute approximate surface area is 415 Å². The Kier molecular flexibility index (Phi) is 15.5. The van der Waals surface area contributed by atoms with Gasteiger partial charge in [0.25, 0.3) is 5.91 Å². The molecule has 2 aliphatic heterocycles. The monoisotopic (exact) mass is 979 g/mol. The molecule has 3 fully saturated rings. The summed E-state index contributed by atoms with van der Waals surface area (Å²) in [6, 6.07) is 20.4. The summed E-state index contributed by atoms with van der Waals surface area (Å²) in [5, 5.41) is 29.4. The van der Waals surface area contributed by atoms with Gasteiger partial charge >= 0.3 is 0 Å². The summed E-state index contributed by atoms with van der Waals surface area (Å²) >= 11 is 7.84. The first-order valence-electron chi connectivity index (χ1n) is 23.8. The van der Waals surface area contributed by atoms with Crippen molar-refractivity contribution in [1.29, 1.82) is 5.26 Å².